The van der Waals surface area contributed by atoms with Gasteiger partial charge in [-0.1, -0.05) is 33.6 Å². The zero-order valence-electron chi connectivity index (χ0n) is 13.7. The first-order valence-corrected chi connectivity index (χ1v) is 8.48. The molecule has 2 fully saturated rings. The molecule has 2 saturated heterocycles. The highest BCUT2D eigenvalue weighted by molar-refractivity contribution is 5.81. The van der Waals surface area contributed by atoms with Crippen LogP contribution in [-0.2, 0) is 4.79 Å². The van der Waals surface area contributed by atoms with E-state index in [-0.39, 0.29) is 5.41 Å². The molecule has 0 aromatic rings. The van der Waals surface area contributed by atoms with E-state index in [1.54, 1.807) is 0 Å². The normalized spacial score (nSPS) is 26.4. The summed E-state index contributed by atoms with van der Waals surface area (Å²) in [4.78, 5) is 17.2. The van der Waals surface area contributed by atoms with Crippen molar-refractivity contribution in [1.29, 1.82) is 0 Å². The van der Waals surface area contributed by atoms with Crippen LogP contribution in [0.3, 0.4) is 0 Å². The van der Waals surface area contributed by atoms with Crippen LogP contribution in [-0.4, -0.2) is 48.4 Å². The van der Waals surface area contributed by atoms with Crippen molar-refractivity contribution in [2.24, 2.45) is 11.3 Å². The van der Waals surface area contributed by atoms with Crippen LogP contribution in [0.1, 0.15) is 59.3 Å². The molecule has 0 radical (unpaired) electrons. The van der Waals surface area contributed by atoms with Crippen LogP contribution < -0.4 is 0 Å². The Kier molecular flexibility index (Phi) is 5.48. The van der Waals surface area contributed by atoms with Gasteiger partial charge in [0.05, 0.1) is 0 Å². The summed E-state index contributed by atoms with van der Waals surface area (Å²) in [5.74, 6) is 1.02. The lowest BCUT2D eigenvalue weighted by molar-refractivity contribution is -0.141. The molecule has 0 spiro atoms. The second-order valence-corrected chi connectivity index (χ2v) is 7.72. The van der Waals surface area contributed by atoms with E-state index in [1.165, 1.54) is 58.2 Å². The second kappa shape index (κ2) is 6.93. The molecule has 0 N–H and O–H groups in total. The van der Waals surface area contributed by atoms with Crippen LogP contribution in [0.5, 0.6) is 0 Å². The lowest BCUT2D eigenvalue weighted by atomic mass is 9.91. The maximum atomic E-state index is 12.4. The third-order valence-electron chi connectivity index (χ3n) is 4.66. The van der Waals surface area contributed by atoms with Gasteiger partial charge in [0.1, 0.15) is 0 Å². The summed E-state index contributed by atoms with van der Waals surface area (Å²) in [6, 6.07) is 0. The minimum atomic E-state index is -0.232. The zero-order chi connectivity index (χ0) is 14.6. The number of hydrogen-bond donors (Lipinski definition) is 0. The molecule has 0 saturated carbocycles. The third-order valence-corrected chi connectivity index (χ3v) is 4.66. The van der Waals surface area contributed by atoms with Gasteiger partial charge in [-0.05, 0) is 44.7 Å². The molecule has 2 aliphatic rings. The quantitative estimate of drug-likeness (QED) is 0.776. The summed E-state index contributed by atoms with van der Waals surface area (Å²) < 4.78 is 0. The van der Waals surface area contributed by atoms with E-state index < -0.39 is 0 Å². The van der Waals surface area contributed by atoms with E-state index in [4.69, 9.17) is 0 Å². The lowest BCUT2D eigenvalue weighted by Crippen LogP contribution is -2.47. The fourth-order valence-electron chi connectivity index (χ4n) is 3.56. The van der Waals surface area contributed by atoms with E-state index in [0.29, 0.717) is 11.8 Å². The molecule has 2 rings (SSSR count). The molecular weight excluding hydrogens is 248 g/mol. The zero-order valence-corrected chi connectivity index (χ0v) is 13.7. The molecule has 3 heteroatoms. The topological polar surface area (TPSA) is 23.6 Å². The Bertz CT molecular complexity index is 313. The largest absolute Gasteiger partial charge is 0.342 e. The van der Waals surface area contributed by atoms with Gasteiger partial charge in [0.2, 0.25) is 5.91 Å². The monoisotopic (exact) mass is 280 g/mol. The number of likely N-dealkylation sites (tertiary alicyclic amines) is 2. The molecule has 116 valence electrons. The van der Waals surface area contributed by atoms with E-state index >= 15 is 0 Å². The van der Waals surface area contributed by atoms with E-state index in [0.717, 1.165) is 13.1 Å². The predicted molar refractivity (Wildman–Crippen MR) is 83.7 cm³/mol. The van der Waals surface area contributed by atoms with Crippen molar-refractivity contribution in [1.82, 2.24) is 9.80 Å². The molecule has 0 unspecified atom stereocenters. The van der Waals surface area contributed by atoms with Crippen molar-refractivity contribution in [3.05, 3.63) is 0 Å². The summed E-state index contributed by atoms with van der Waals surface area (Å²) in [5.41, 5.74) is -0.232. The number of piperidine rings is 1. The van der Waals surface area contributed by atoms with Gasteiger partial charge in [-0.25, -0.2) is 0 Å². The number of rotatable bonds is 2. The van der Waals surface area contributed by atoms with Gasteiger partial charge in [0, 0.05) is 25.0 Å². The van der Waals surface area contributed by atoms with Gasteiger partial charge in [-0.15, -0.1) is 0 Å². The number of nitrogens with zero attached hydrogens (tertiary/aromatic N) is 2. The summed E-state index contributed by atoms with van der Waals surface area (Å²) in [6.45, 7) is 11.8. The Morgan fingerprint density at radius 3 is 2.25 bits per heavy atom. The van der Waals surface area contributed by atoms with Crippen molar-refractivity contribution < 1.29 is 4.79 Å². The Labute approximate surface area is 124 Å². The van der Waals surface area contributed by atoms with Crippen LogP contribution in [0.15, 0.2) is 0 Å². The van der Waals surface area contributed by atoms with Crippen LogP contribution in [0.2, 0.25) is 0 Å². The fraction of sp³-hybridized carbons (Fsp3) is 0.941. The van der Waals surface area contributed by atoms with E-state index in [1.807, 2.05) is 20.8 Å². The van der Waals surface area contributed by atoms with Gasteiger partial charge in [-0.3, -0.25) is 4.79 Å². The minimum Gasteiger partial charge on any atom is -0.342 e. The number of carbonyl (C=O) groups is 1. The Balaban J connectivity index is 1.85. The first-order valence-electron chi connectivity index (χ1n) is 8.48. The summed E-state index contributed by atoms with van der Waals surface area (Å²) in [7, 11) is 0. The highest BCUT2D eigenvalue weighted by Crippen LogP contribution is 2.24. The maximum absolute atomic E-state index is 12.4. The predicted octanol–water partition coefficient (Wildman–Crippen LogP) is 3.15. The summed E-state index contributed by atoms with van der Waals surface area (Å²) >= 11 is 0. The van der Waals surface area contributed by atoms with Gasteiger partial charge >= 0.3 is 0 Å². The summed E-state index contributed by atoms with van der Waals surface area (Å²) in [5, 5.41) is 0. The SMILES string of the molecule is CC(C)(C)C(=O)N1CCC[C@@H](CN2CCCCCC2)C1. The first kappa shape index (κ1) is 15.8. The van der Waals surface area contributed by atoms with Crippen molar-refractivity contribution in [3.63, 3.8) is 0 Å². The number of amides is 1. The van der Waals surface area contributed by atoms with Gasteiger partial charge in [0.15, 0.2) is 0 Å². The molecule has 0 aromatic carbocycles. The van der Waals surface area contributed by atoms with E-state index in [2.05, 4.69) is 9.80 Å². The van der Waals surface area contributed by atoms with Gasteiger partial charge in [-0.2, -0.15) is 0 Å². The second-order valence-electron chi connectivity index (χ2n) is 7.72. The molecule has 20 heavy (non-hydrogen) atoms. The Morgan fingerprint density at radius 2 is 1.65 bits per heavy atom. The minimum absolute atomic E-state index is 0.232. The van der Waals surface area contributed by atoms with Crippen molar-refractivity contribution >= 4 is 5.91 Å². The highest BCUT2D eigenvalue weighted by Gasteiger charge is 2.31. The Hall–Kier alpha value is -0.570. The van der Waals surface area contributed by atoms with Crippen molar-refractivity contribution in [2.75, 3.05) is 32.7 Å². The van der Waals surface area contributed by atoms with Crippen LogP contribution in [0.4, 0.5) is 0 Å². The van der Waals surface area contributed by atoms with Crippen molar-refractivity contribution in [2.45, 2.75) is 59.3 Å². The van der Waals surface area contributed by atoms with Crippen LogP contribution in [0.25, 0.3) is 0 Å². The van der Waals surface area contributed by atoms with Crippen LogP contribution in [0, 0.1) is 11.3 Å². The molecule has 1 amide bonds. The Morgan fingerprint density at radius 1 is 1.00 bits per heavy atom. The molecule has 0 bridgehead atoms. The lowest BCUT2D eigenvalue weighted by Gasteiger charge is -2.38. The van der Waals surface area contributed by atoms with Crippen LogP contribution >= 0.6 is 0 Å². The van der Waals surface area contributed by atoms with Gasteiger partial charge in [0.25, 0.3) is 0 Å². The first-order chi connectivity index (χ1) is 9.47. The average Bonchev–Trinajstić information content (AvgIpc) is 2.66. The summed E-state index contributed by atoms with van der Waals surface area (Å²) in [6.07, 6.45) is 7.99. The van der Waals surface area contributed by atoms with E-state index in [9.17, 15) is 4.79 Å². The highest BCUT2D eigenvalue weighted by atomic mass is 16.2. The molecule has 0 aliphatic carbocycles. The molecule has 3 nitrogen and oxygen atoms in total. The standard InChI is InChI=1S/C17H32N2O/c1-17(2,3)16(20)19-12-8-9-15(14-19)13-18-10-6-4-5-7-11-18/h15H,4-14H2,1-3H3/t15-/m0/s1. The molecule has 0 aromatic heterocycles. The smallest absolute Gasteiger partial charge is 0.227 e. The van der Waals surface area contributed by atoms with Crippen molar-refractivity contribution in [3.8, 4) is 0 Å². The number of carbonyl (C=O) groups excluding carboxylic acids is 1. The third kappa shape index (κ3) is 4.47. The van der Waals surface area contributed by atoms with Gasteiger partial charge < -0.3 is 9.80 Å². The molecule has 2 aliphatic heterocycles. The molecule has 1 atom stereocenters. The fourth-order valence-corrected chi connectivity index (χ4v) is 3.56. The maximum Gasteiger partial charge on any atom is 0.227 e. The number of hydrogen-bond acceptors (Lipinski definition) is 2. The molecular formula is C17H32N2O. The average molecular weight is 280 g/mol. The molecule has 2 heterocycles.